The third-order valence-corrected chi connectivity index (χ3v) is 4.23. The van der Waals surface area contributed by atoms with Crippen LogP contribution in [0, 0.1) is 20.8 Å². The summed E-state index contributed by atoms with van der Waals surface area (Å²) < 4.78 is 11.7. The fourth-order valence-corrected chi connectivity index (χ4v) is 2.80. The Bertz CT molecular complexity index is 835. The van der Waals surface area contributed by atoms with Gasteiger partial charge in [0.2, 0.25) is 5.78 Å². The molecule has 6 nitrogen and oxygen atoms in total. The van der Waals surface area contributed by atoms with Crippen molar-refractivity contribution in [3.05, 3.63) is 58.4 Å². The molecular weight excluding hydrogens is 334 g/mol. The zero-order valence-corrected chi connectivity index (χ0v) is 15.5. The Balaban J connectivity index is 2.03. The molecule has 0 unspecified atom stereocenters. The first-order valence-corrected chi connectivity index (χ1v) is 8.34. The van der Waals surface area contributed by atoms with Crippen LogP contribution in [-0.4, -0.2) is 36.0 Å². The molecule has 1 heterocycles. The summed E-state index contributed by atoms with van der Waals surface area (Å²) in [5.74, 6) is -1.11. The van der Waals surface area contributed by atoms with Crippen LogP contribution in [0.1, 0.15) is 44.1 Å². The predicted molar refractivity (Wildman–Crippen MR) is 96.3 cm³/mol. The van der Waals surface area contributed by atoms with Crippen LogP contribution in [0.25, 0.3) is 0 Å². The fourth-order valence-electron chi connectivity index (χ4n) is 2.80. The molecule has 138 valence electrons. The van der Waals surface area contributed by atoms with Gasteiger partial charge in [0.05, 0.1) is 19.1 Å². The molecule has 1 aromatic heterocycles. The standard InChI is InChI=1S/C20H23NO5/c1-13-6-5-7-16(10-13)20(24)26-12-18(22)17-11-14(2)21(15(17)3)9-8-19(23)25-4/h5-7,10-11H,8-9,12H2,1-4H3. The summed E-state index contributed by atoms with van der Waals surface area (Å²) in [4.78, 5) is 35.8. The fraction of sp³-hybridized carbons (Fsp3) is 0.350. The summed E-state index contributed by atoms with van der Waals surface area (Å²) in [6.45, 7) is 5.65. The lowest BCUT2D eigenvalue weighted by Crippen LogP contribution is -2.15. The molecule has 0 radical (unpaired) electrons. The van der Waals surface area contributed by atoms with E-state index < -0.39 is 5.97 Å². The highest BCUT2D eigenvalue weighted by molar-refractivity contribution is 6.00. The molecule has 0 fully saturated rings. The molecule has 0 spiro atoms. The molecule has 1 aromatic carbocycles. The average molecular weight is 357 g/mol. The highest BCUT2D eigenvalue weighted by Gasteiger charge is 2.18. The van der Waals surface area contributed by atoms with Gasteiger partial charge in [-0.2, -0.15) is 0 Å². The van der Waals surface area contributed by atoms with Crippen molar-refractivity contribution in [1.29, 1.82) is 0 Å². The summed E-state index contributed by atoms with van der Waals surface area (Å²) in [6, 6.07) is 8.76. The largest absolute Gasteiger partial charge is 0.469 e. The number of carbonyl (C=O) groups is 3. The van der Waals surface area contributed by atoms with Crippen LogP contribution in [0.3, 0.4) is 0 Å². The van der Waals surface area contributed by atoms with E-state index in [4.69, 9.17) is 4.74 Å². The van der Waals surface area contributed by atoms with Gasteiger partial charge in [-0.3, -0.25) is 9.59 Å². The zero-order valence-electron chi connectivity index (χ0n) is 15.5. The Kier molecular flexibility index (Phi) is 6.33. The molecule has 2 rings (SSSR count). The van der Waals surface area contributed by atoms with Crippen molar-refractivity contribution < 1.29 is 23.9 Å². The SMILES string of the molecule is COC(=O)CCn1c(C)cc(C(=O)COC(=O)c2cccc(C)c2)c1C. The lowest BCUT2D eigenvalue weighted by Gasteiger charge is -2.09. The van der Waals surface area contributed by atoms with Gasteiger partial charge in [-0.25, -0.2) is 4.79 Å². The minimum atomic E-state index is -0.526. The number of hydrogen-bond acceptors (Lipinski definition) is 5. The number of aryl methyl sites for hydroxylation is 2. The molecule has 0 saturated carbocycles. The Morgan fingerprint density at radius 2 is 1.81 bits per heavy atom. The van der Waals surface area contributed by atoms with Gasteiger partial charge in [0.25, 0.3) is 0 Å². The number of benzene rings is 1. The van der Waals surface area contributed by atoms with Crippen molar-refractivity contribution in [3.8, 4) is 0 Å². The second-order valence-corrected chi connectivity index (χ2v) is 6.13. The van der Waals surface area contributed by atoms with Gasteiger partial charge in [-0.1, -0.05) is 17.7 Å². The number of hydrogen-bond donors (Lipinski definition) is 0. The summed E-state index contributed by atoms with van der Waals surface area (Å²) >= 11 is 0. The number of rotatable bonds is 7. The van der Waals surface area contributed by atoms with E-state index in [1.807, 2.05) is 24.5 Å². The van der Waals surface area contributed by atoms with Gasteiger partial charge in [0.1, 0.15) is 0 Å². The monoisotopic (exact) mass is 357 g/mol. The molecule has 0 aliphatic rings. The van der Waals surface area contributed by atoms with Crippen LogP contribution in [0.2, 0.25) is 0 Å². The van der Waals surface area contributed by atoms with Gasteiger partial charge >= 0.3 is 11.9 Å². The first kappa shape index (κ1) is 19.4. The minimum Gasteiger partial charge on any atom is -0.469 e. The topological polar surface area (TPSA) is 74.6 Å². The van der Waals surface area contributed by atoms with Crippen LogP contribution in [0.5, 0.6) is 0 Å². The molecule has 0 bridgehead atoms. The van der Waals surface area contributed by atoms with Crippen molar-refractivity contribution in [1.82, 2.24) is 4.57 Å². The number of aromatic nitrogens is 1. The number of ketones is 1. The molecule has 0 saturated heterocycles. The summed E-state index contributed by atoms with van der Waals surface area (Å²) in [7, 11) is 1.34. The number of Topliss-reactive ketones (excluding diaryl/α,β-unsaturated/α-hetero) is 1. The van der Waals surface area contributed by atoms with Crippen molar-refractivity contribution in [3.63, 3.8) is 0 Å². The number of nitrogens with zero attached hydrogens (tertiary/aromatic N) is 1. The number of ether oxygens (including phenoxy) is 2. The maximum absolute atomic E-state index is 12.4. The molecule has 0 amide bonds. The van der Waals surface area contributed by atoms with E-state index in [0.29, 0.717) is 17.7 Å². The third kappa shape index (κ3) is 4.59. The van der Waals surface area contributed by atoms with Crippen molar-refractivity contribution in [2.75, 3.05) is 13.7 Å². The van der Waals surface area contributed by atoms with E-state index in [1.54, 1.807) is 31.2 Å². The second-order valence-electron chi connectivity index (χ2n) is 6.13. The van der Waals surface area contributed by atoms with Crippen molar-refractivity contribution in [2.45, 2.75) is 33.7 Å². The molecule has 0 N–H and O–H groups in total. The Morgan fingerprint density at radius 3 is 2.46 bits per heavy atom. The Labute approximate surface area is 152 Å². The van der Waals surface area contributed by atoms with E-state index in [2.05, 4.69) is 4.74 Å². The highest BCUT2D eigenvalue weighted by Crippen LogP contribution is 2.17. The van der Waals surface area contributed by atoms with Crippen LogP contribution in [0.4, 0.5) is 0 Å². The molecular formula is C20H23NO5. The summed E-state index contributed by atoms with van der Waals surface area (Å²) in [5, 5.41) is 0. The first-order chi connectivity index (χ1) is 12.3. The van der Waals surface area contributed by atoms with E-state index in [-0.39, 0.29) is 24.8 Å². The van der Waals surface area contributed by atoms with E-state index >= 15 is 0 Å². The molecule has 26 heavy (non-hydrogen) atoms. The number of carbonyl (C=O) groups excluding carboxylic acids is 3. The van der Waals surface area contributed by atoms with E-state index in [9.17, 15) is 14.4 Å². The average Bonchev–Trinajstić information content (AvgIpc) is 2.91. The number of esters is 2. The molecule has 0 aliphatic carbocycles. The zero-order chi connectivity index (χ0) is 19.3. The van der Waals surface area contributed by atoms with E-state index in [1.165, 1.54) is 7.11 Å². The van der Waals surface area contributed by atoms with Crippen molar-refractivity contribution >= 4 is 17.7 Å². The second kappa shape index (κ2) is 8.47. The Hall–Kier alpha value is -2.89. The van der Waals surface area contributed by atoms with Crippen LogP contribution in [-0.2, 0) is 20.8 Å². The molecule has 6 heteroatoms. The lowest BCUT2D eigenvalue weighted by atomic mass is 10.1. The molecule has 2 aromatic rings. The Morgan fingerprint density at radius 1 is 1.08 bits per heavy atom. The minimum absolute atomic E-state index is 0.225. The van der Waals surface area contributed by atoms with Gasteiger partial charge in [-0.15, -0.1) is 0 Å². The first-order valence-electron chi connectivity index (χ1n) is 8.34. The van der Waals surface area contributed by atoms with Crippen LogP contribution < -0.4 is 0 Å². The van der Waals surface area contributed by atoms with Gasteiger partial charge in [-0.05, 0) is 39.0 Å². The molecule has 0 aliphatic heterocycles. The summed E-state index contributed by atoms with van der Waals surface area (Å²) in [5.41, 5.74) is 3.45. The van der Waals surface area contributed by atoms with Gasteiger partial charge in [0, 0.05) is 23.5 Å². The smallest absolute Gasteiger partial charge is 0.338 e. The normalized spacial score (nSPS) is 10.5. The maximum Gasteiger partial charge on any atom is 0.338 e. The number of methoxy groups -OCH3 is 1. The van der Waals surface area contributed by atoms with E-state index in [0.717, 1.165) is 17.0 Å². The van der Waals surface area contributed by atoms with Crippen LogP contribution in [0.15, 0.2) is 30.3 Å². The molecule has 0 atom stereocenters. The van der Waals surface area contributed by atoms with Crippen LogP contribution >= 0.6 is 0 Å². The van der Waals surface area contributed by atoms with Crippen molar-refractivity contribution in [2.24, 2.45) is 0 Å². The maximum atomic E-state index is 12.4. The van der Waals surface area contributed by atoms with Gasteiger partial charge in [0.15, 0.2) is 6.61 Å². The lowest BCUT2D eigenvalue weighted by molar-refractivity contribution is -0.140. The quantitative estimate of drug-likeness (QED) is 0.562. The summed E-state index contributed by atoms with van der Waals surface area (Å²) in [6.07, 6.45) is 0.225. The highest BCUT2D eigenvalue weighted by atomic mass is 16.5. The van der Waals surface area contributed by atoms with Gasteiger partial charge < -0.3 is 14.0 Å². The third-order valence-electron chi connectivity index (χ3n) is 4.23. The predicted octanol–water partition coefficient (Wildman–Crippen LogP) is 3.02.